The minimum absolute atomic E-state index is 0.0134. The largest absolute Gasteiger partial charge is 0.493 e. The number of methoxy groups -OCH3 is 2. The molecule has 3 aromatic rings. The summed E-state index contributed by atoms with van der Waals surface area (Å²) in [4.78, 5) is 25.3. The zero-order valence-electron chi connectivity index (χ0n) is 17.5. The summed E-state index contributed by atoms with van der Waals surface area (Å²) in [7, 11) is 3.06. The van der Waals surface area contributed by atoms with Gasteiger partial charge in [0.1, 0.15) is 5.58 Å². The SMILES string of the molecule is CC[C@@H](C)NC(=O)COc1c(-c2ccc(OC)c(OC)c2)oc2ccccc2c1=O. The van der Waals surface area contributed by atoms with Crippen LogP contribution in [0.2, 0.25) is 0 Å². The number of hydrogen-bond acceptors (Lipinski definition) is 6. The molecule has 0 saturated heterocycles. The molecule has 1 aromatic heterocycles. The molecule has 0 fully saturated rings. The number of amides is 1. The molecule has 0 saturated carbocycles. The molecule has 0 bridgehead atoms. The predicted molar refractivity (Wildman–Crippen MR) is 114 cm³/mol. The average molecular weight is 411 g/mol. The third kappa shape index (κ3) is 4.40. The Morgan fingerprint density at radius 1 is 1.10 bits per heavy atom. The molecule has 0 aliphatic heterocycles. The summed E-state index contributed by atoms with van der Waals surface area (Å²) in [6.07, 6.45) is 0.792. The second-order valence-electron chi connectivity index (χ2n) is 6.82. The lowest BCUT2D eigenvalue weighted by Gasteiger charge is -2.15. The topological polar surface area (TPSA) is 87.0 Å². The second-order valence-corrected chi connectivity index (χ2v) is 6.82. The lowest BCUT2D eigenvalue weighted by molar-refractivity contribution is -0.123. The molecule has 0 unspecified atom stereocenters. The molecule has 1 heterocycles. The molecule has 30 heavy (non-hydrogen) atoms. The molecule has 2 aromatic carbocycles. The smallest absolute Gasteiger partial charge is 0.258 e. The first-order chi connectivity index (χ1) is 14.5. The van der Waals surface area contributed by atoms with Crippen LogP contribution in [0, 0.1) is 0 Å². The van der Waals surface area contributed by atoms with Crippen LogP contribution >= 0.6 is 0 Å². The molecule has 0 spiro atoms. The molecule has 7 heteroatoms. The van der Waals surface area contributed by atoms with Gasteiger partial charge in [-0.3, -0.25) is 9.59 Å². The van der Waals surface area contributed by atoms with Crippen molar-refractivity contribution in [3.05, 3.63) is 52.7 Å². The van der Waals surface area contributed by atoms with Crippen molar-refractivity contribution in [2.75, 3.05) is 20.8 Å². The summed E-state index contributed by atoms with van der Waals surface area (Å²) in [5.74, 6) is 0.900. The van der Waals surface area contributed by atoms with Gasteiger partial charge >= 0.3 is 0 Å². The monoisotopic (exact) mass is 411 g/mol. The van der Waals surface area contributed by atoms with Crippen molar-refractivity contribution in [2.24, 2.45) is 0 Å². The summed E-state index contributed by atoms with van der Waals surface area (Å²) >= 11 is 0. The zero-order valence-corrected chi connectivity index (χ0v) is 17.5. The first kappa shape index (κ1) is 21.2. The van der Waals surface area contributed by atoms with Gasteiger partial charge < -0.3 is 23.9 Å². The molecule has 0 radical (unpaired) electrons. The molecular weight excluding hydrogens is 386 g/mol. The van der Waals surface area contributed by atoms with Crippen molar-refractivity contribution in [1.82, 2.24) is 5.32 Å². The Morgan fingerprint density at radius 2 is 1.83 bits per heavy atom. The maximum atomic E-state index is 13.1. The number of rotatable bonds is 8. The number of fused-ring (bicyclic) bond motifs is 1. The van der Waals surface area contributed by atoms with Crippen LogP contribution in [0.4, 0.5) is 0 Å². The van der Waals surface area contributed by atoms with Gasteiger partial charge in [0, 0.05) is 11.6 Å². The summed E-state index contributed by atoms with van der Waals surface area (Å²) in [5.41, 5.74) is 0.634. The van der Waals surface area contributed by atoms with E-state index < -0.39 is 0 Å². The van der Waals surface area contributed by atoms with Gasteiger partial charge in [-0.1, -0.05) is 19.1 Å². The molecule has 1 atom stereocenters. The number of nitrogens with one attached hydrogen (secondary N) is 1. The minimum atomic E-state index is -0.349. The fourth-order valence-electron chi connectivity index (χ4n) is 2.98. The molecule has 1 amide bonds. The molecule has 7 nitrogen and oxygen atoms in total. The van der Waals surface area contributed by atoms with Crippen molar-refractivity contribution in [3.8, 4) is 28.6 Å². The molecule has 0 aliphatic carbocycles. The highest BCUT2D eigenvalue weighted by Crippen LogP contribution is 2.36. The van der Waals surface area contributed by atoms with E-state index in [1.54, 1.807) is 42.5 Å². The maximum absolute atomic E-state index is 13.1. The fourth-order valence-corrected chi connectivity index (χ4v) is 2.98. The third-order valence-electron chi connectivity index (χ3n) is 4.77. The highest BCUT2D eigenvalue weighted by Gasteiger charge is 2.20. The summed E-state index contributed by atoms with van der Waals surface area (Å²) in [5, 5.41) is 3.19. The molecule has 3 rings (SSSR count). The van der Waals surface area contributed by atoms with Crippen LogP contribution in [0.1, 0.15) is 20.3 Å². The average Bonchev–Trinajstić information content (AvgIpc) is 2.77. The number of carbonyl (C=O) groups is 1. The summed E-state index contributed by atoms with van der Waals surface area (Å²) in [6, 6.07) is 12.0. The van der Waals surface area contributed by atoms with E-state index in [2.05, 4.69) is 5.32 Å². The van der Waals surface area contributed by atoms with Gasteiger partial charge in [-0.05, 0) is 43.7 Å². The van der Waals surface area contributed by atoms with Gasteiger partial charge in [0.05, 0.1) is 19.6 Å². The van der Waals surface area contributed by atoms with Crippen LogP contribution in [-0.4, -0.2) is 32.8 Å². The van der Waals surface area contributed by atoms with Crippen LogP contribution in [0.15, 0.2) is 51.7 Å². The number of ether oxygens (including phenoxy) is 3. The van der Waals surface area contributed by atoms with Crippen molar-refractivity contribution >= 4 is 16.9 Å². The Labute approximate surface area is 174 Å². The number of carbonyl (C=O) groups excluding carboxylic acids is 1. The van der Waals surface area contributed by atoms with E-state index in [-0.39, 0.29) is 35.5 Å². The van der Waals surface area contributed by atoms with E-state index in [4.69, 9.17) is 18.6 Å². The Kier molecular flexibility index (Phi) is 6.61. The van der Waals surface area contributed by atoms with Gasteiger partial charge in [0.2, 0.25) is 11.2 Å². The minimum Gasteiger partial charge on any atom is -0.493 e. The normalized spacial score (nSPS) is 11.7. The molecule has 1 N–H and O–H groups in total. The van der Waals surface area contributed by atoms with Crippen molar-refractivity contribution in [2.45, 2.75) is 26.3 Å². The van der Waals surface area contributed by atoms with Crippen molar-refractivity contribution < 1.29 is 23.4 Å². The quantitative estimate of drug-likeness (QED) is 0.607. The van der Waals surface area contributed by atoms with Crippen LogP contribution in [0.25, 0.3) is 22.3 Å². The first-order valence-electron chi connectivity index (χ1n) is 9.68. The maximum Gasteiger partial charge on any atom is 0.258 e. The Bertz CT molecular complexity index is 1100. The molecule has 0 aliphatic rings. The van der Waals surface area contributed by atoms with Crippen molar-refractivity contribution in [3.63, 3.8) is 0 Å². The third-order valence-corrected chi connectivity index (χ3v) is 4.77. The first-order valence-corrected chi connectivity index (χ1v) is 9.68. The Morgan fingerprint density at radius 3 is 2.53 bits per heavy atom. The van der Waals surface area contributed by atoms with Gasteiger partial charge in [-0.25, -0.2) is 0 Å². The Balaban J connectivity index is 2.07. The van der Waals surface area contributed by atoms with E-state index in [1.165, 1.54) is 14.2 Å². The van der Waals surface area contributed by atoms with E-state index in [0.717, 1.165) is 6.42 Å². The standard InChI is InChI=1S/C23H25NO6/c1-5-14(2)24-20(25)13-29-23-21(26)16-8-6-7-9-17(16)30-22(23)15-10-11-18(27-3)19(12-15)28-4/h6-12,14H,5,13H2,1-4H3,(H,24,25)/t14-/m1/s1. The molecular formula is C23H25NO6. The molecule has 158 valence electrons. The zero-order chi connectivity index (χ0) is 21.7. The fraction of sp³-hybridized carbons (Fsp3) is 0.304. The second kappa shape index (κ2) is 9.35. The van der Waals surface area contributed by atoms with E-state index >= 15 is 0 Å². The lowest BCUT2D eigenvalue weighted by Crippen LogP contribution is -2.36. The number of para-hydroxylation sites is 1. The van der Waals surface area contributed by atoms with Crippen LogP contribution in [0.5, 0.6) is 17.2 Å². The van der Waals surface area contributed by atoms with Gasteiger partial charge in [0.15, 0.2) is 23.9 Å². The van der Waals surface area contributed by atoms with Gasteiger partial charge in [0.25, 0.3) is 5.91 Å². The highest BCUT2D eigenvalue weighted by atomic mass is 16.5. The lowest BCUT2D eigenvalue weighted by atomic mass is 10.1. The summed E-state index contributed by atoms with van der Waals surface area (Å²) < 4.78 is 22.3. The van der Waals surface area contributed by atoms with Crippen molar-refractivity contribution in [1.29, 1.82) is 0 Å². The number of benzene rings is 2. The summed E-state index contributed by atoms with van der Waals surface area (Å²) in [6.45, 7) is 3.57. The van der Waals surface area contributed by atoms with Crippen LogP contribution in [0.3, 0.4) is 0 Å². The van der Waals surface area contributed by atoms with E-state index in [1.807, 2.05) is 13.8 Å². The Hall–Kier alpha value is -3.48. The highest BCUT2D eigenvalue weighted by molar-refractivity contribution is 5.83. The predicted octanol–water partition coefficient (Wildman–Crippen LogP) is 3.77. The van der Waals surface area contributed by atoms with Gasteiger partial charge in [-0.15, -0.1) is 0 Å². The number of hydrogen-bond donors (Lipinski definition) is 1. The van der Waals surface area contributed by atoms with E-state index in [9.17, 15) is 9.59 Å². The van der Waals surface area contributed by atoms with E-state index in [0.29, 0.717) is 28.0 Å². The van der Waals surface area contributed by atoms with Gasteiger partial charge in [-0.2, -0.15) is 0 Å². The van der Waals surface area contributed by atoms with Crippen LogP contribution < -0.4 is 25.0 Å². The van der Waals surface area contributed by atoms with Crippen LogP contribution in [-0.2, 0) is 4.79 Å².